The Bertz CT molecular complexity index is 809. The molecule has 7 heteroatoms. The van der Waals surface area contributed by atoms with Gasteiger partial charge in [-0.3, -0.25) is 0 Å². The molecule has 2 aromatic rings. The average molecular weight is 421 g/mol. The van der Waals surface area contributed by atoms with Crippen molar-refractivity contribution in [3.8, 4) is 28.4 Å². The third kappa shape index (κ3) is 6.00. The van der Waals surface area contributed by atoms with E-state index in [2.05, 4.69) is 4.90 Å². The Morgan fingerprint density at radius 3 is 2.48 bits per heavy atom. The quantitative estimate of drug-likeness (QED) is 0.683. The lowest BCUT2D eigenvalue weighted by atomic mass is 10.0. The molecule has 0 aromatic heterocycles. The van der Waals surface area contributed by atoms with Crippen molar-refractivity contribution in [2.75, 3.05) is 40.5 Å². The van der Waals surface area contributed by atoms with Crippen LogP contribution in [0, 0.1) is 0 Å². The SMILES string of the molecule is COc1ccc(-c2cc(Cl)cc(OCC(O)CN3CCC(N)CC3)c2)cc1OC. The second-order valence-electron chi connectivity index (χ2n) is 7.35. The van der Waals surface area contributed by atoms with E-state index in [0.717, 1.165) is 37.1 Å². The maximum Gasteiger partial charge on any atom is 0.161 e. The number of aliphatic hydroxyl groups is 1. The number of methoxy groups -OCH3 is 2. The van der Waals surface area contributed by atoms with Gasteiger partial charge in [-0.15, -0.1) is 0 Å². The van der Waals surface area contributed by atoms with Crippen molar-refractivity contribution in [1.29, 1.82) is 0 Å². The number of hydrogen-bond acceptors (Lipinski definition) is 6. The van der Waals surface area contributed by atoms with Crippen molar-refractivity contribution in [1.82, 2.24) is 4.90 Å². The third-order valence-corrected chi connectivity index (χ3v) is 5.35. The van der Waals surface area contributed by atoms with Gasteiger partial charge < -0.3 is 30.0 Å². The van der Waals surface area contributed by atoms with Crippen molar-refractivity contribution in [3.63, 3.8) is 0 Å². The summed E-state index contributed by atoms with van der Waals surface area (Å²) in [4.78, 5) is 2.23. The summed E-state index contributed by atoms with van der Waals surface area (Å²) in [6, 6.07) is 11.5. The van der Waals surface area contributed by atoms with Crippen molar-refractivity contribution >= 4 is 11.6 Å². The number of likely N-dealkylation sites (tertiary alicyclic amines) is 1. The lowest BCUT2D eigenvalue weighted by molar-refractivity contribution is 0.0597. The number of aliphatic hydroxyl groups excluding tert-OH is 1. The first-order valence-electron chi connectivity index (χ1n) is 9.80. The largest absolute Gasteiger partial charge is 0.493 e. The highest BCUT2D eigenvalue weighted by atomic mass is 35.5. The van der Waals surface area contributed by atoms with Crippen LogP contribution in [0.15, 0.2) is 36.4 Å². The highest BCUT2D eigenvalue weighted by Gasteiger charge is 2.19. The van der Waals surface area contributed by atoms with Gasteiger partial charge in [0.05, 0.1) is 14.2 Å². The molecule has 2 aromatic carbocycles. The molecule has 1 aliphatic rings. The van der Waals surface area contributed by atoms with Gasteiger partial charge in [-0.1, -0.05) is 17.7 Å². The second-order valence-corrected chi connectivity index (χ2v) is 7.78. The standard InChI is InChI=1S/C22H29ClN2O4/c1-27-21-4-3-15(11-22(21)28-2)16-9-17(23)12-20(10-16)29-14-19(26)13-25-7-5-18(24)6-8-25/h3-4,9-12,18-19,26H,5-8,13-14,24H2,1-2H3. The smallest absolute Gasteiger partial charge is 0.161 e. The number of β-amino-alcohol motifs (C(OH)–C–C–N with tert-alkyl or cyclic N) is 1. The van der Waals surface area contributed by atoms with Crippen LogP contribution >= 0.6 is 11.6 Å². The van der Waals surface area contributed by atoms with Gasteiger partial charge in [-0.2, -0.15) is 0 Å². The summed E-state index contributed by atoms with van der Waals surface area (Å²) in [5.74, 6) is 1.92. The van der Waals surface area contributed by atoms with Crippen LogP contribution in [0.5, 0.6) is 17.2 Å². The monoisotopic (exact) mass is 420 g/mol. The van der Waals surface area contributed by atoms with E-state index in [4.69, 9.17) is 31.5 Å². The molecule has 6 nitrogen and oxygen atoms in total. The maximum absolute atomic E-state index is 10.3. The van der Waals surface area contributed by atoms with Crippen molar-refractivity contribution in [3.05, 3.63) is 41.4 Å². The molecule has 1 fully saturated rings. The van der Waals surface area contributed by atoms with E-state index < -0.39 is 6.10 Å². The van der Waals surface area contributed by atoms with Crippen LogP contribution in [0.4, 0.5) is 0 Å². The summed E-state index contributed by atoms with van der Waals surface area (Å²) in [6.07, 6.45) is 1.36. The molecule has 0 saturated carbocycles. The van der Waals surface area contributed by atoms with Crippen LogP contribution in [0.2, 0.25) is 5.02 Å². The van der Waals surface area contributed by atoms with Crippen molar-refractivity contribution < 1.29 is 19.3 Å². The first-order valence-corrected chi connectivity index (χ1v) is 10.2. The molecule has 1 saturated heterocycles. The number of ether oxygens (including phenoxy) is 3. The number of hydrogen-bond donors (Lipinski definition) is 2. The maximum atomic E-state index is 10.3. The molecule has 158 valence electrons. The van der Waals surface area contributed by atoms with E-state index in [-0.39, 0.29) is 12.6 Å². The van der Waals surface area contributed by atoms with E-state index >= 15 is 0 Å². The number of rotatable bonds is 8. The summed E-state index contributed by atoms with van der Waals surface area (Å²) in [5, 5.41) is 10.9. The van der Waals surface area contributed by atoms with Crippen LogP contribution in [-0.2, 0) is 0 Å². The molecular formula is C22H29ClN2O4. The Morgan fingerprint density at radius 1 is 1.07 bits per heavy atom. The topological polar surface area (TPSA) is 77.2 Å². The molecule has 3 rings (SSSR count). The average Bonchev–Trinajstić information content (AvgIpc) is 2.73. The fraction of sp³-hybridized carbons (Fsp3) is 0.455. The Kier molecular flexibility index (Phi) is 7.61. The van der Waals surface area contributed by atoms with Gasteiger partial charge in [0, 0.05) is 17.6 Å². The fourth-order valence-corrected chi connectivity index (χ4v) is 3.73. The second kappa shape index (κ2) is 10.2. The first-order chi connectivity index (χ1) is 14.0. The van der Waals surface area contributed by atoms with Gasteiger partial charge in [-0.25, -0.2) is 0 Å². The summed E-state index contributed by atoms with van der Waals surface area (Å²) in [6.45, 7) is 2.61. The van der Waals surface area contributed by atoms with Gasteiger partial charge in [0.25, 0.3) is 0 Å². The van der Waals surface area contributed by atoms with Crippen molar-refractivity contribution in [2.45, 2.75) is 25.0 Å². The molecule has 0 amide bonds. The normalized spacial score (nSPS) is 16.4. The van der Waals surface area contributed by atoms with Crippen LogP contribution in [0.1, 0.15) is 12.8 Å². The molecule has 0 spiro atoms. The fourth-order valence-electron chi connectivity index (χ4n) is 3.51. The van der Waals surface area contributed by atoms with Gasteiger partial charge in [0.15, 0.2) is 11.5 Å². The van der Waals surface area contributed by atoms with Crippen LogP contribution < -0.4 is 19.9 Å². The summed E-state index contributed by atoms with van der Waals surface area (Å²) >= 11 is 6.30. The zero-order chi connectivity index (χ0) is 20.8. The van der Waals surface area contributed by atoms with Gasteiger partial charge in [-0.05, 0) is 67.4 Å². The predicted octanol–water partition coefficient (Wildman–Crippen LogP) is 3.19. The highest BCUT2D eigenvalue weighted by Crippen LogP contribution is 2.35. The minimum absolute atomic E-state index is 0.203. The van der Waals surface area contributed by atoms with E-state index in [1.807, 2.05) is 30.3 Å². The molecule has 0 bridgehead atoms. The molecule has 29 heavy (non-hydrogen) atoms. The predicted molar refractivity (Wildman–Crippen MR) is 115 cm³/mol. The van der Waals surface area contributed by atoms with Gasteiger partial charge in [0.2, 0.25) is 0 Å². The molecule has 0 radical (unpaired) electrons. The van der Waals surface area contributed by atoms with E-state index in [1.54, 1.807) is 20.3 Å². The Labute approximate surface area is 177 Å². The van der Waals surface area contributed by atoms with Crippen molar-refractivity contribution in [2.24, 2.45) is 5.73 Å². The molecule has 0 aliphatic carbocycles. The number of halogens is 1. The van der Waals surface area contributed by atoms with E-state index in [1.165, 1.54) is 0 Å². The minimum Gasteiger partial charge on any atom is -0.493 e. The van der Waals surface area contributed by atoms with Gasteiger partial charge in [0.1, 0.15) is 18.5 Å². The third-order valence-electron chi connectivity index (χ3n) is 5.13. The van der Waals surface area contributed by atoms with E-state index in [0.29, 0.717) is 28.8 Å². The minimum atomic E-state index is -0.576. The highest BCUT2D eigenvalue weighted by molar-refractivity contribution is 6.31. The number of nitrogens with zero attached hydrogens (tertiary/aromatic N) is 1. The first kappa shape index (κ1) is 21.7. The summed E-state index contributed by atoms with van der Waals surface area (Å²) < 4.78 is 16.5. The Hall–Kier alpha value is -1.99. The zero-order valence-electron chi connectivity index (χ0n) is 16.9. The molecule has 1 heterocycles. The Balaban J connectivity index is 1.64. The van der Waals surface area contributed by atoms with Gasteiger partial charge >= 0.3 is 0 Å². The van der Waals surface area contributed by atoms with Crippen LogP contribution in [-0.4, -0.2) is 62.6 Å². The van der Waals surface area contributed by atoms with E-state index in [9.17, 15) is 5.11 Å². The molecule has 1 aliphatic heterocycles. The molecule has 3 N–H and O–H groups in total. The summed E-state index contributed by atoms with van der Waals surface area (Å²) in [7, 11) is 3.21. The zero-order valence-corrected chi connectivity index (χ0v) is 17.7. The number of nitrogens with two attached hydrogens (primary N) is 1. The summed E-state index contributed by atoms with van der Waals surface area (Å²) in [5.41, 5.74) is 7.76. The molecule has 1 unspecified atom stereocenters. The lowest BCUT2D eigenvalue weighted by Gasteiger charge is -2.31. The number of benzene rings is 2. The Morgan fingerprint density at radius 2 is 1.79 bits per heavy atom. The molecular weight excluding hydrogens is 392 g/mol. The molecule has 1 atom stereocenters. The number of piperidine rings is 1. The lowest BCUT2D eigenvalue weighted by Crippen LogP contribution is -2.44. The van der Waals surface area contributed by atoms with Crippen LogP contribution in [0.25, 0.3) is 11.1 Å². The van der Waals surface area contributed by atoms with Crippen LogP contribution in [0.3, 0.4) is 0 Å².